The molecule has 0 saturated carbocycles. The average molecular weight is 402 g/mol. The Balaban J connectivity index is 1.68. The van der Waals surface area contributed by atoms with Crippen LogP contribution in [0.3, 0.4) is 0 Å². The van der Waals surface area contributed by atoms with Gasteiger partial charge >= 0.3 is 5.69 Å². The summed E-state index contributed by atoms with van der Waals surface area (Å²) in [7, 11) is 0. The molecule has 1 heterocycles. The van der Waals surface area contributed by atoms with E-state index in [1.165, 1.54) is 24.3 Å². The van der Waals surface area contributed by atoms with Crippen molar-refractivity contribution in [2.45, 2.75) is 0 Å². The van der Waals surface area contributed by atoms with Gasteiger partial charge < -0.3 is 19.7 Å². The fraction of sp³-hybridized carbons (Fsp3) is 0.278. The number of amides is 1. The van der Waals surface area contributed by atoms with Gasteiger partial charge in [-0.1, -0.05) is 12.1 Å². The van der Waals surface area contributed by atoms with Crippen molar-refractivity contribution in [2.75, 3.05) is 43.1 Å². The Kier molecular flexibility index (Phi) is 6.19. The van der Waals surface area contributed by atoms with Gasteiger partial charge in [0.1, 0.15) is 5.69 Å². The van der Waals surface area contributed by atoms with Crippen LogP contribution in [-0.4, -0.2) is 48.7 Å². The minimum Gasteiger partial charge on any atom is -0.477 e. The molecule has 29 heavy (non-hydrogen) atoms. The molecule has 2 aromatic rings. The summed E-state index contributed by atoms with van der Waals surface area (Å²) in [6.07, 6.45) is 0. The van der Waals surface area contributed by atoms with E-state index < -0.39 is 22.4 Å². The lowest BCUT2D eigenvalue weighted by Crippen LogP contribution is -2.36. The van der Waals surface area contributed by atoms with Gasteiger partial charge in [-0.2, -0.15) is 0 Å². The maximum atomic E-state index is 12.1. The van der Waals surface area contributed by atoms with Crippen molar-refractivity contribution >= 4 is 28.7 Å². The van der Waals surface area contributed by atoms with Crippen LogP contribution >= 0.6 is 0 Å². The van der Waals surface area contributed by atoms with Gasteiger partial charge in [0.15, 0.2) is 12.4 Å². The van der Waals surface area contributed by atoms with Crippen LogP contribution in [0.15, 0.2) is 42.5 Å². The first-order valence-corrected chi connectivity index (χ1v) is 8.73. The third kappa shape index (κ3) is 4.96. The summed E-state index contributed by atoms with van der Waals surface area (Å²) in [4.78, 5) is 35.3. The molecule has 1 saturated heterocycles. The Morgan fingerprint density at radius 1 is 1.07 bits per heavy atom. The number of nitrogens with one attached hydrogen (secondary N) is 1. The number of benzene rings is 2. The van der Waals surface area contributed by atoms with Crippen molar-refractivity contribution < 1.29 is 24.1 Å². The summed E-state index contributed by atoms with van der Waals surface area (Å²) < 4.78 is 10.5. The number of ether oxygens (including phenoxy) is 2. The average Bonchev–Trinajstić information content (AvgIpc) is 2.73. The van der Waals surface area contributed by atoms with Crippen LogP contribution in [0.4, 0.5) is 22.7 Å². The van der Waals surface area contributed by atoms with E-state index in [2.05, 4.69) is 5.32 Å². The zero-order valence-electron chi connectivity index (χ0n) is 15.3. The monoisotopic (exact) mass is 402 g/mol. The number of carbonyl (C=O) groups is 1. The molecule has 0 aliphatic carbocycles. The number of nitro benzene ring substituents is 2. The second-order valence-corrected chi connectivity index (χ2v) is 6.12. The quantitative estimate of drug-likeness (QED) is 0.550. The van der Waals surface area contributed by atoms with Crippen LogP contribution in [0, 0.1) is 20.2 Å². The second-order valence-electron chi connectivity index (χ2n) is 6.12. The van der Waals surface area contributed by atoms with E-state index in [0.29, 0.717) is 32.0 Å². The number of morpholine rings is 1. The van der Waals surface area contributed by atoms with E-state index in [9.17, 15) is 25.0 Å². The fourth-order valence-electron chi connectivity index (χ4n) is 2.89. The van der Waals surface area contributed by atoms with Gasteiger partial charge in [0, 0.05) is 30.9 Å². The maximum absolute atomic E-state index is 12.1. The predicted octanol–water partition coefficient (Wildman–Crippen LogP) is 2.36. The molecule has 1 aliphatic heterocycles. The molecule has 1 amide bonds. The third-order valence-electron chi connectivity index (χ3n) is 4.23. The number of hydrogen-bond donors (Lipinski definition) is 1. The predicted molar refractivity (Wildman–Crippen MR) is 103 cm³/mol. The van der Waals surface area contributed by atoms with Gasteiger partial charge in [0.25, 0.3) is 11.6 Å². The van der Waals surface area contributed by atoms with E-state index in [1.807, 2.05) is 4.90 Å². The fourth-order valence-corrected chi connectivity index (χ4v) is 2.89. The molecule has 11 heteroatoms. The van der Waals surface area contributed by atoms with Crippen LogP contribution in [-0.2, 0) is 9.53 Å². The Labute approximate surface area is 165 Å². The number of nitrogens with zero attached hydrogens (tertiary/aromatic N) is 3. The second kappa shape index (κ2) is 8.97. The molecule has 1 aliphatic rings. The zero-order valence-corrected chi connectivity index (χ0v) is 15.3. The highest BCUT2D eigenvalue weighted by molar-refractivity contribution is 5.92. The highest BCUT2D eigenvalue weighted by Crippen LogP contribution is 2.32. The molecule has 0 radical (unpaired) electrons. The summed E-state index contributed by atoms with van der Waals surface area (Å²) in [5, 5.41) is 24.9. The summed E-state index contributed by atoms with van der Waals surface area (Å²) >= 11 is 0. The Hall–Kier alpha value is -3.73. The molecule has 0 aromatic heterocycles. The van der Waals surface area contributed by atoms with Crippen molar-refractivity contribution in [1.29, 1.82) is 0 Å². The Morgan fingerprint density at radius 3 is 2.45 bits per heavy atom. The molecule has 0 unspecified atom stereocenters. The topological polar surface area (TPSA) is 137 Å². The summed E-state index contributed by atoms with van der Waals surface area (Å²) in [5.41, 5.74) is 0.285. The first-order chi connectivity index (χ1) is 14.0. The van der Waals surface area contributed by atoms with Gasteiger partial charge in [0.05, 0.1) is 23.1 Å². The molecular weight excluding hydrogens is 384 g/mol. The largest absolute Gasteiger partial charge is 0.477 e. The van der Waals surface area contributed by atoms with Crippen molar-refractivity contribution in [2.24, 2.45) is 0 Å². The minimum atomic E-state index is -0.610. The van der Waals surface area contributed by atoms with Crippen molar-refractivity contribution in [3.05, 3.63) is 62.7 Å². The maximum Gasteiger partial charge on any atom is 0.310 e. The summed E-state index contributed by atoms with van der Waals surface area (Å²) in [6.45, 7) is 1.56. The number of anilines is 2. The standard InChI is InChI=1S/C18H18N4O7/c23-18(12-29-17-4-2-1-3-15(17)21(24)25)19-13-5-6-14(16(11-13)22(26)27)20-7-9-28-10-8-20/h1-6,11H,7-10,12H2,(H,19,23). The molecule has 0 atom stereocenters. The smallest absolute Gasteiger partial charge is 0.310 e. The molecule has 3 rings (SSSR count). The highest BCUT2D eigenvalue weighted by Gasteiger charge is 2.22. The van der Waals surface area contributed by atoms with Crippen molar-refractivity contribution in [1.82, 2.24) is 0 Å². The lowest BCUT2D eigenvalue weighted by Gasteiger charge is -2.28. The van der Waals surface area contributed by atoms with Gasteiger partial charge in [-0.3, -0.25) is 25.0 Å². The SMILES string of the molecule is O=C(COc1ccccc1[N+](=O)[O-])Nc1ccc(N2CCOCC2)c([N+](=O)[O-])c1. The van der Waals surface area contributed by atoms with Crippen LogP contribution in [0.2, 0.25) is 0 Å². The van der Waals surface area contributed by atoms with E-state index in [1.54, 1.807) is 18.2 Å². The number of hydrogen-bond acceptors (Lipinski definition) is 8. The van der Waals surface area contributed by atoms with Crippen LogP contribution in [0.5, 0.6) is 5.75 Å². The number of para-hydroxylation sites is 2. The number of rotatable bonds is 7. The molecular formula is C18H18N4O7. The first-order valence-electron chi connectivity index (χ1n) is 8.73. The molecule has 1 fully saturated rings. The molecule has 0 bridgehead atoms. The van der Waals surface area contributed by atoms with Crippen molar-refractivity contribution in [3.63, 3.8) is 0 Å². The zero-order chi connectivity index (χ0) is 20.8. The van der Waals surface area contributed by atoms with E-state index in [0.717, 1.165) is 0 Å². The van der Waals surface area contributed by atoms with Crippen LogP contribution in [0.1, 0.15) is 0 Å². The van der Waals surface area contributed by atoms with Gasteiger partial charge in [-0.15, -0.1) is 0 Å². The Bertz CT molecular complexity index is 928. The normalized spacial score (nSPS) is 13.6. The summed E-state index contributed by atoms with van der Waals surface area (Å²) in [6, 6.07) is 10.1. The molecule has 2 aromatic carbocycles. The van der Waals surface area contributed by atoms with Gasteiger partial charge in [-0.25, -0.2) is 0 Å². The molecule has 1 N–H and O–H groups in total. The first kappa shape index (κ1) is 20.0. The molecule has 11 nitrogen and oxygen atoms in total. The van der Waals surface area contributed by atoms with Crippen LogP contribution in [0.25, 0.3) is 0 Å². The highest BCUT2D eigenvalue weighted by atomic mass is 16.6. The number of carbonyl (C=O) groups excluding carboxylic acids is 1. The van der Waals surface area contributed by atoms with Gasteiger partial charge in [0.2, 0.25) is 0 Å². The number of nitro groups is 2. The van der Waals surface area contributed by atoms with Gasteiger partial charge in [-0.05, 0) is 18.2 Å². The molecule has 0 spiro atoms. The third-order valence-corrected chi connectivity index (χ3v) is 4.23. The molecule has 152 valence electrons. The lowest BCUT2D eigenvalue weighted by atomic mass is 10.2. The summed E-state index contributed by atoms with van der Waals surface area (Å²) in [5.74, 6) is -0.641. The van der Waals surface area contributed by atoms with E-state index in [4.69, 9.17) is 9.47 Å². The van der Waals surface area contributed by atoms with E-state index in [-0.39, 0.29) is 22.8 Å². The van der Waals surface area contributed by atoms with E-state index >= 15 is 0 Å². The Morgan fingerprint density at radius 2 is 1.76 bits per heavy atom. The lowest BCUT2D eigenvalue weighted by molar-refractivity contribution is -0.385. The van der Waals surface area contributed by atoms with Crippen LogP contribution < -0.4 is 15.0 Å². The van der Waals surface area contributed by atoms with Crippen molar-refractivity contribution in [3.8, 4) is 5.75 Å². The minimum absolute atomic E-state index is 0.0405.